The van der Waals surface area contributed by atoms with E-state index >= 15 is 0 Å². The molecular formula is C28H40N2O2. The molecule has 4 heteroatoms. The molecule has 4 nitrogen and oxygen atoms in total. The molecule has 0 amide bonds. The van der Waals surface area contributed by atoms with Crippen molar-refractivity contribution in [3.05, 3.63) is 58.7 Å². The van der Waals surface area contributed by atoms with Gasteiger partial charge in [0.05, 0.1) is 0 Å². The molecule has 174 valence electrons. The molecule has 0 saturated carbocycles. The van der Waals surface area contributed by atoms with Crippen LogP contribution in [0.4, 0.5) is 0 Å². The number of phenolic OH excluding ortho intramolecular Hbond substituents is 2. The number of nitrogens with zero attached hydrogens (tertiary/aromatic N) is 2. The van der Waals surface area contributed by atoms with Gasteiger partial charge < -0.3 is 10.2 Å². The zero-order valence-corrected chi connectivity index (χ0v) is 19.9. The van der Waals surface area contributed by atoms with Crippen molar-refractivity contribution in [2.75, 3.05) is 13.1 Å². The van der Waals surface area contributed by atoms with E-state index in [1.165, 1.54) is 51.4 Å². The van der Waals surface area contributed by atoms with Gasteiger partial charge in [0.15, 0.2) is 0 Å². The summed E-state index contributed by atoms with van der Waals surface area (Å²) < 4.78 is 0. The summed E-state index contributed by atoms with van der Waals surface area (Å²) in [6.45, 7) is 5.71. The second-order valence-corrected chi connectivity index (χ2v) is 8.73. The minimum absolute atomic E-state index is 0.301. The average Bonchev–Trinajstić information content (AvgIpc) is 2.78. The third-order valence-corrected chi connectivity index (χ3v) is 5.65. The molecule has 2 aromatic rings. The summed E-state index contributed by atoms with van der Waals surface area (Å²) in [5, 5.41) is 19.6. The Morgan fingerprint density at radius 2 is 0.906 bits per heavy atom. The Kier molecular flexibility index (Phi) is 12.2. The lowest BCUT2D eigenvalue weighted by Gasteiger charge is -2.02. The highest BCUT2D eigenvalue weighted by molar-refractivity contribution is 5.84. The summed E-state index contributed by atoms with van der Waals surface area (Å²) in [5.74, 6) is 0.601. The molecule has 0 heterocycles. The van der Waals surface area contributed by atoms with Crippen LogP contribution >= 0.6 is 0 Å². The Morgan fingerprint density at radius 3 is 1.28 bits per heavy atom. The normalized spacial score (nSPS) is 11.7. The smallest absolute Gasteiger partial charge is 0.124 e. The predicted molar refractivity (Wildman–Crippen MR) is 137 cm³/mol. The number of rotatable bonds is 15. The Bertz CT molecular complexity index is 787. The fraction of sp³-hybridized carbons (Fsp3) is 0.500. The summed E-state index contributed by atoms with van der Waals surface area (Å²) in [4.78, 5) is 8.90. The van der Waals surface area contributed by atoms with E-state index in [0.29, 0.717) is 11.5 Å². The van der Waals surface area contributed by atoms with Crippen molar-refractivity contribution in [1.82, 2.24) is 0 Å². The molecule has 2 N–H and O–H groups in total. The predicted octanol–water partition coefficient (Wildman–Crippen LogP) is 7.15. The standard InChI is InChI=1S/C28H40N2O2/c1-23-13-15-27(31)25(19-23)21-29-17-11-9-7-5-3-4-6-8-10-12-18-30-22-26-20-24(2)14-16-28(26)32/h13-16,19-22,31-32H,3-12,17-18H2,1-2H3. The Balaban J connectivity index is 1.39. The van der Waals surface area contributed by atoms with E-state index in [-0.39, 0.29) is 0 Å². The van der Waals surface area contributed by atoms with Crippen LogP contribution in [0.25, 0.3) is 0 Å². The molecule has 0 unspecified atom stereocenters. The summed E-state index contributed by atoms with van der Waals surface area (Å²) >= 11 is 0. The lowest BCUT2D eigenvalue weighted by Crippen LogP contribution is -1.89. The molecule has 0 saturated heterocycles. The lowest BCUT2D eigenvalue weighted by molar-refractivity contribution is 0.473. The van der Waals surface area contributed by atoms with Gasteiger partial charge in [-0.2, -0.15) is 0 Å². The summed E-state index contributed by atoms with van der Waals surface area (Å²) in [6, 6.07) is 11.2. The van der Waals surface area contributed by atoms with Gasteiger partial charge in [-0.1, -0.05) is 74.6 Å². The highest BCUT2D eigenvalue weighted by Crippen LogP contribution is 2.17. The number of aromatic hydroxyl groups is 2. The molecule has 0 aliphatic carbocycles. The van der Waals surface area contributed by atoms with Crippen LogP contribution in [-0.2, 0) is 0 Å². The number of hydrogen-bond acceptors (Lipinski definition) is 4. The van der Waals surface area contributed by atoms with Crippen molar-refractivity contribution in [2.45, 2.75) is 78.1 Å². The Hall–Kier alpha value is -2.62. The number of aliphatic imine (C=N–C) groups is 2. The largest absolute Gasteiger partial charge is 0.507 e. The first-order chi connectivity index (χ1) is 15.6. The quantitative estimate of drug-likeness (QED) is 0.230. The van der Waals surface area contributed by atoms with E-state index in [0.717, 1.165) is 48.2 Å². The maximum Gasteiger partial charge on any atom is 0.124 e. The second kappa shape index (κ2) is 15.2. The molecule has 0 radical (unpaired) electrons. The van der Waals surface area contributed by atoms with Crippen LogP contribution in [0.3, 0.4) is 0 Å². The van der Waals surface area contributed by atoms with Gasteiger partial charge >= 0.3 is 0 Å². The Labute approximate surface area is 194 Å². The summed E-state index contributed by atoms with van der Waals surface area (Å²) in [7, 11) is 0. The van der Waals surface area contributed by atoms with Crippen molar-refractivity contribution in [3.63, 3.8) is 0 Å². The van der Waals surface area contributed by atoms with Crippen LogP contribution in [0.5, 0.6) is 11.5 Å². The van der Waals surface area contributed by atoms with Gasteiger partial charge in [-0.05, 0) is 51.0 Å². The average molecular weight is 437 g/mol. The zero-order chi connectivity index (χ0) is 23.0. The molecule has 2 rings (SSSR count). The van der Waals surface area contributed by atoms with Crippen molar-refractivity contribution in [1.29, 1.82) is 0 Å². The second-order valence-electron chi connectivity index (χ2n) is 8.73. The van der Waals surface area contributed by atoms with E-state index in [2.05, 4.69) is 9.98 Å². The SMILES string of the molecule is Cc1ccc(O)c(C=NCCCCCCCCCCCCN=Cc2cc(C)ccc2O)c1. The molecule has 2 aromatic carbocycles. The first-order valence-electron chi connectivity index (χ1n) is 12.1. The van der Waals surface area contributed by atoms with Crippen molar-refractivity contribution >= 4 is 12.4 Å². The van der Waals surface area contributed by atoms with E-state index in [1.807, 2.05) is 38.1 Å². The third kappa shape index (κ3) is 10.6. The van der Waals surface area contributed by atoms with Crippen LogP contribution in [0.2, 0.25) is 0 Å². The first kappa shape index (κ1) is 25.6. The van der Waals surface area contributed by atoms with E-state index in [1.54, 1.807) is 24.6 Å². The molecular weight excluding hydrogens is 396 g/mol. The molecule has 0 atom stereocenters. The van der Waals surface area contributed by atoms with E-state index < -0.39 is 0 Å². The van der Waals surface area contributed by atoms with Gasteiger partial charge in [0, 0.05) is 36.6 Å². The fourth-order valence-electron chi connectivity index (χ4n) is 3.70. The molecule has 0 bridgehead atoms. The Morgan fingerprint density at radius 1 is 0.562 bits per heavy atom. The number of aryl methyl sites for hydroxylation is 2. The van der Waals surface area contributed by atoms with Crippen LogP contribution in [0.1, 0.15) is 86.5 Å². The number of phenols is 2. The topological polar surface area (TPSA) is 65.2 Å². The van der Waals surface area contributed by atoms with Gasteiger partial charge in [0.25, 0.3) is 0 Å². The zero-order valence-electron chi connectivity index (χ0n) is 19.9. The minimum atomic E-state index is 0.301. The molecule has 32 heavy (non-hydrogen) atoms. The van der Waals surface area contributed by atoms with Crippen molar-refractivity contribution < 1.29 is 10.2 Å². The lowest BCUT2D eigenvalue weighted by atomic mass is 10.1. The highest BCUT2D eigenvalue weighted by atomic mass is 16.3. The van der Waals surface area contributed by atoms with Gasteiger partial charge in [0.1, 0.15) is 11.5 Å². The number of unbranched alkanes of at least 4 members (excludes halogenated alkanes) is 9. The number of hydrogen-bond donors (Lipinski definition) is 2. The van der Waals surface area contributed by atoms with Crippen molar-refractivity contribution in [2.24, 2.45) is 9.98 Å². The highest BCUT2D eigenvalue weighted by Gasteiger charge is 1.99. The third-order valence-electron chi connectivity index (χ3n) is 5.65. The first-order valence-corrected chi connectivity index (χ1v) is 12.1. The maximum absolute atomic E-state index is 9.80. The van der Waals surface area contributed by atoms with Gasteiger partial charge in [-0.3, -0.25) is 9.98 Å². The minimum Gasteiger partial charge on any atom is -0.507 e. The van der Waals surface area contributed by atoms with Crippen LogP contribution in [-0.4, -0.2) is 35.7 Å². The molecule has 0 fully saturated rings. The van der Waals surface area contributed by atoms with Gasteiger partial charge in [0.2, 0.25) is 0 Å². The summed E-state index contributed by atoms with van der Waals surface area (Å²) in [5.41, 5.74) is 3.89. The molecule has 0 aliphatic rings. The monoisotopic (exact) mass is 436 g/mol. The van der Waals surface area contributed by atoms with Crippen LogP contribution < -0.4 is 0 Å². The van der Waals surface area contributed by atoms with Crippen LogP contribution in [0, 0.1) is 13.8 Å². The van der Waals surface area contributed by atoms with E-state index in [9.17, 15) is 10.2 Å². The fourth-order valence-corrected chi connectivity index (χ4v) is 3.70. The van der Waals surface area contributed by atoms with Crippen molar-refractivity contribution in [3.8, 4) is 11.5 Å². The summed E-state index contributed by atoms with van der Waals surface area (Å²) in [6.07, 6.45) is 16.1. The molecule has 0 spiro atoms. The molecule has 0 aromatic heterocycles. The number of benzene rings is 2. The maximum atomic E-state index is 9.80. The van der Waals surface area contributed by atoms with Crippen LogP contribution in [0.15, 0.2) is 46.4 Å². The van der Waals surface area contributed by atoms with Gasteiger partial charge in [-0.15, -0.1) is 0 Å². The van der Waals surface area contributed by atoms with Gasteiger partial charge in [-0.25, -0.2) is 0 Å². The molecule has 0 aliphatic heterocycles. The van der Waals surface area contributed by atoms with E-state index in [4.69, 9.17) is 0 Å².